The third kappa shape index (κ3) is 4.14. The Morgan fingerprint density at radius 2 is 1.21 bits per heavy atom. The molecule has 0 bridgehead atoms. The molecule has 2 unspecified atom stereocenters. The highest BCUT2D eigenvalue weighted by atomic mass is 35.5. The first kappa shape index (κ1) is 14.7. The molecule has 0 aromatic heterocycles. The van der Waals surface area contributed by atoms with E-state index in [-0.39, 0.29) is 10.8 Å². The van der Waals surface area contributed by atoms with Crippen LogP contribution in [0.3, 0.4) is 0 Å². The van der Waals surface area contributed by atoms with Crippen LogP contribution in [0.2, 0.25) is 5.02 Å². The number of aryl methyl sites for hydroxylation is 1. The lowest BCUT2D eigenvalue weighted by Gasteiger charge is -2.15. The first-order chi connectivity index (χ1) is 9.06. The normalized spacial score (nSPS) is 14.1. The third-order valence-corrected chi connectivity index (χ3v) is 4.20. The Kier molecular flexibility index (Phi) is 5.15. The second-order valence-electron chi connectivity index (χ2n) is 4.63. The molecule has 0 radical (unpaired) electrons. The van der Waals surface area contributed by atoms with Crippen molar-refractivity contribution in [1.82, 2.24) is 0 Å². The van der Waals surface area contributed by atoms with Gasteiger partial charge in [-0.1, -0.05) is 53.6 Å². The summed E-state index contributed by atoms with van der Waals surface area (Å²) in [4.78, 5) is 0. The molecule has 3 heteroatoms. The Hall–Kier alpha value is -0.690. The summed E-state index contributed by atoms with van der Waals surface area (Å²) in [5.41, 5.74) is 3.38. The van der Waals surface area contributed by atoms with Crippen molar-refractivity contribution in [1.29, 1.82) is 0 Å². The molecule has 0 heterocycles. The molecular weight excluding hydrogens is 299 g/mol. The van der Waals surface area contributed by atoms with E-state index in [4.69, 9.17) is 34.8 Å². The SMILES string of the molecule is Cc1ccc(C(Cl)CC(Cl)c2ccc(Cl)cc2)cc1. The predicted octanol–water partition coefficient (Wildman–Crippen LogP) is 6.30. The monoisotopic (exact) mass is 312 g/mol. The van der Waals surface area contributed by atoms with E-state index >= 15 is 0 Å². The lowest BCUT2D eigenvalue weighted by molar-refractivity contribution is 0.769. The van der Waals surface area contributed by atoms with E-state index in [1.165, 1.54) is 5.56 Å². The molecule has 0 amide bonds. The first-order valence-electron chi connectivity index (χ1n) is 6.16. The molecule has 2 aromatic rings. The van der Waals surface area contributed by atoms with Gasteiger partial charge in [-0.2, -0.15) is 0 Å². The molecule has 0 aliphatic carbocycles. The number of halogens is 3. The quantitative estimate of drug-likeness (QED) is 0.581. The molecule has 0 aliphatic rings. The van der Waals surface area contributed by atoms with Crippen LogP contribution >= 0.6 is 34.8 Å². The minimum atomic E-state index is -0.110. The summed E-state index contributed by atoms with van der Waals surface area (Å²) in [6.07, 6.45) is 0.688. The Labute approximate surface area is 129 Å². The summed E-state index contributed by atoms with van der Waals surface area (Å²) in [6.45, 7) is 2.06. The van der Waals surface area contributed by atoms with Crippen molar-refractivity contribution >= 4 is 34.8 Å². The van der Waals surface area contributed by atoms with E-state index in [1.54, 1.807) is 0 Å². The minimum Gasteiger partial charge on any atom is -0.118 e. The molecule has 2 aromatic carbocycles. The van der Waals surface area contributed by atoms with Crippen LogP contribution in [0.1, 0.15) is 33.9 Å². The van der Waals surface area contributed by atoms with E-state index in [0.717, 1.165) is 11.1 Å². The molecule has 0 aliphatic heterocycles. The van der Waals surface area contributed by atoms with Crippen molar-refractivity contribution in [3.05, 3.63) is 70.2 Å². The predicted molar refractivity (Wildman–Crippen MR) is 84.4 cm³/mol. The molecule has 0 saturated carbocycles. The maximum Gasteiger partial charge on any atom is 0.0602 e. The Bertz CT molecular complexity index is 467. The second-order valence-corrected chi connectivity index (χ2v) is 6.12. The van der Waals surface area contributed by atoms with E-state index in [0.29, 0.717) is 11.4 Å². The smallest absolute Gasteiger partial charge is 0.0602 e. The van der Waals surface area contributed by atoms with Crippen LogP contribution in [-0.4, -0.2) is 0 Å². The Balaban J connectivity index is 2.03. The molecular formula is C16H15Cl3. The number of alkyl halides is 2. The van der Waals surface area contributed by atoms with Gasteiger partial charge in [0.05, 0.1) is 10.8 Å². The van der Waals surface area contributed by atoms with Gasteiger partial charge in [-0.15, -0.1) is 23.2 Å². The first-order valence-corrected chi connectivity index (χ1v) is 7.41. The average Bonchev–Trinajstić information content (AvgIpc) is 2.40. The maximum atomic E-state index is 6.42. The second kappa shape index (κ2) is 6.65. The highest BCUT2D eigenvalue weighted by molar-refractivity contribution is 6.30. The molecule has 0 nitrogen and oxygen atoms in total. The van der Waals surface area contributed by atoms with Crippen molar-refractivity contribution in [3.8, 4) is 0 Å². The molecule has 2 rings (SSSR count). The largest absolute Gasteiger partial charge is 0.118 e. The van der Waals surface area contributed by atoms with Gasteiger partial charge in [-0.3, -0.25) is 0 Å². The third-order valence-electron chi connectivity index (χ3n) is 3.08. The van der Waals surface area contributed by atoms with E-state index < -0.39 is 0 Å². The van der Waals surface area contributed by atoms with Crippen molar-refractivity contribution in [2.24, 2.45) is 0 Å². The van der Waals surface area contributed by atoms with Gasteiger partial charge >= 0.3 is 0 Å². The van der Waals surface area contributed by atoms with Crippen molar-refractivity contribution < 1.29 is 0 Å². The molecule has 0 saturated heterocycles. The molecule has 0 spiro atoms. The zero-order chi connectivity index (χ0) is 13.8. The van der Waals surface area contributed by atoms with Gasteiger partial charge in [0.1, 0.15) is 0 Å². The average molecular weight is 314 g/mol. The summed E-state index contributed by atoms with van der Waals surface area (Å²) in [7, 11) is 0. The summed E-state index contributed by atoms with van der Waals surface area (Å²) in [5.74, 6) is 0. The fraction of sp³-hybridized carbons (Fsp3) is 0.250. The lowest BCUT2D eigenvalue weighted by Crippen LogP contribution is -1.97. The maximum absolute atomic E-state index is 6.42. The molecule has 0 fully saturated rings. The van der Waals surface area contributed by atoms with Crippen molar-refractivity contribution in [2.75, 3.05) is 0 Å². The zero-order valence-corrected chi connectivity index (χ0v) is 12.9. The Morgan fingerprint density at radius 1 is 0.789 bits per heavy atom. The van der Waals surface area contributed by atoms with Crippen LogP contribution in [0.15, 0.2) is 48.5 Å². The number of hydrogen-bond donors (Lipinski definition) is 0. The molecule has 0 N–H and O–H groups in total. The van der Waals surface area contributed by atoms with E-state index in [2.05, 4.69) is 31.2 Å². The molecule has 2 atom stereocenters. The highest BCUT2D eigenvalue weighted by Crippen LogP contribution is 2.35. The van der Waals surface area contributed by atoms with E-state index in [1.807, 2.05) is 24.3 Å². The van der Waals surface area contributed by atoms with Gasteiger partial charge < -0.3 is 0 Å². The minimum absolute atomic E-state index is 0.0845. The number of benzene rings is 2. The van der Waals surface area contributed by atoms with Crippen molar-refractivity contribution in [3.63, 3.8) is 0 Å². The molecule has 100 valence electrons. The van der Waals surface area contributed by atoms with Crippen LogP contribution in [0.5, 0.6) is 0 Å². The highest BCUT2D eigenvalue weighted by Gasteiger charge is 2.15. The van der Waals surface area contributed by atoms with Crippen LogP contribution in [0, 0.1) is 6.92 Å². The standard InChI is InChI=1S/C16H15Cl3/c1-11-2-4-12(5-3-11)15(18)10-16(19)13-6-8-14(17)9-7-13/h2-9,15-16H,10H2,1H3. The fourth-order valence-electron chi connectivity index (χ4n) is 1.90. The summed E-state index contributed by atoms with van der Waals surface area (Å²) >= 11 is 18.7. The number of hydrogen-bond acceptors (Lipinski definition) is 0. The topological polar surface area (TPSA) is 0 Å². The Morgan fingerprint density at radius 3 is 1.68 bits per heavy atom. The lowest BCUT2D eigenvalue weighted by atomic mass is 10.0. The molecule has 19 heavy (non-hydrogen) atoms. The van der Waals surface area contributed by atoms with Gasteiger partial charge in [-0.25, -0.2) is 0 Å². The van der Waals surface area contributed by atoms with Gasteiger partial charge in [0.15, 0.2) is 0 Å². The van der Waals surface area contributed by atoms with Gasteiger partial charge in [0, 0.05) is 5.02 Å². The zero-order valence-electron chi connectivity index (χ0n) is 10.6. The van der Waals surface area contributed by atoms with Crippen LogP contribution in [0.4, 0.5) is 0 Å². The van der Waals surface area contributed by atoms with Crippen LogP contribution in [0.25, 0.3) is 0 Å². The fourth-order valence-corrected chi connectivity index (χ4v) is 2.77. The summed E-state index contributed by atoms with van der Waals surface area (Å²) < 4.78 is 0. The van der Waals surface area contributed by atoms with Crippen molar-refractivity contribution in [2.45, 2.75) is 24.1 Å². The van der Waals surface area contributed by atoms with Crippen LogP contribution in [-0.2, 0) is 0 Å². The van der Waals surface area contributed by atoms with Gasteiger partial charge in [-0.05, 0) is 36.6 Å². The summed E-state index contributed by atoms with van der Waals surface area (Å²) in [6, 6.07) is 15.8. The van der Waals surface area contributed by atoms with E-state index in [9.17, 15) is 0 Å². The number of rotatable bonds is 4. The summed E-state index contributed by atoms with van der Waals surface area (Å²) in [5, 5.41) is 0.522. The van der Waals surface area contributed by atoms with Gasteiger partial charge in [0.2, 0.25) is 0 Å². The van der Waals surface area contributed by atoms with Crippen LogP contribution < -0.4 is 0 Å². The van der Waals surface area contributed by atoms with Gasteiger partial charge in [0.25, 0.3) is 0 Å².